The van der Waals surface area contributed by atoms with Crippen molar-refractivity contribution in [2.75, 3.05) is 43.7 Å². The summed E-state index contributed by atoms with van der Waals surface area (Å²) in [7, 11) is 3.47. The highest BCUT2D eigenvalue weighted by Crippen LogP contribution is 2.34. The van der Waals surface area contributed by atoms with E-state index in [9.17, 15) is 4.79 Å². The van der Waals surface area contributed by atoms with Gasteiger partial charge in [0.15, 0.2) is 0 Å². The van der Waals surface area contributed by atoms with E-state index in [4.69, 9.17) is 4.74 Å². The monoisotopic (exact) mass is 298 g/mol. The summed E-state index contributed by atoms with van der Waals surface area (Å²) in [6, 6.07) is 5.94. The van der Waals surface area contributed by atoms with Crippen LogP contribution in [0.25, 0.3) is 0 Å². The van der Waals surface area contributed by atoms with Gasteiger partial charge in [-0.15, -0.1) is 0 Å². The van der Waals surface area contributed by atoms with Crippen molar-refractivity contribution >= 4 is 33.2 Å². The first kappa shape index (κ1) is 12.4. The lowest BCUT2D eigenvalue weighted by Crippen LogP contribution is -2.45. The Labute approximate surface area is 109 Å². The summed E-state index contributed by atoms with van der Waals surface area (Å²) in [6.07, 6.45) is 0. The molecule has 0 saturated carbocycles. The van der Waals surface area contributed by atoms with Crippen LogP contribution in [0.3, 0.4) is 0 Å². The van der Waals surface area contributed by atoms with Gasteiger partial charge in [0, 0.05) is 25.2 Å². The summed E-state index contributed by atoms with van der Waals surface area (Å²) in [6.45, 7) is 1.74. The lowest BCUT2D eigenvalue weighted by atomic mass is 10.1. The third kappa shape index (κ3) is 2.45. The Kier molecular flexibility index (Phi) is 3.69. The van der Waals surface area contributed by atoms with Crippen molar-refractivity contribution in [3.63, 3.8) is 0 Å². The van der Waals surface area contributed by atoms with Crippen LogP contribution in [0.4, 0.5) is 11.4 Å². The van der Waals surface area contributed by atoms with Crippen molar-refractivity contribution in [2.45, 2.75) is 0 Å². The fourth-order valence-corrected chi connectivity index (χ4v) is 2.27. The van der Waals surface area contributed by atoms with Gasteiger partial charge in [0.1, 0.15) is 0 Å². The highest BCUT2D eigenvalue weighted by molar-refractivity contribution is 9.10. The molecule has 1 aliphatic heterocycles. The molecule has 5 heteroatoms. The second kappa shape index (κ2) is 5.06. The maximum absolute atomic E-state index is 11.8. The van der Waals surface area contributed by atoms with Crippen LogP contribution in [-0.2, 0) is 9.53 Å². The molecule has 0 fully saturated rings. The minimum atomic E-state index is 0.107. The fourth-order valence-electron chi connectivity index (χ4n) is 1.92. The summed E-state index contributed by atoms with van der Waals surface area (Å²) in [5.41, 5.74) is 2.01. The molecule has 0 unspecified atom stereocenters. The van der Waals surface area contributed by atoms with Crippen molar-refractivity contribution in [1.29, 1.82) is 0 Å². The zero-order valence-corrected chi connectivity index (χ0v) is 11.5. The van der Waals surface area contributed by atoms with Gasteiger partial charge in [0.2, 0.25) is 5.91 Å². The molecule has 0 aromatic heterocycles. The number of halogens is 1. The minimum absolute atomic E-state index is 0.107. The number of methoxy groups -OCH3 is 1. The van der Waals surface area contributed by atoms with E-state index in [1.165, 1.54) is 0 Å². The smallest absolute Gasteiger partial charge is 0.246 e. The highest BCUT2D eigenvalue weighted by atomic mass is 79.9. The third-order valence-corrected chi connectivity index (χ3v) is 3.40. The first-order chi connectivity index (χ1) is 8.13. The number of likely N-dealkylation sites (N-methyl/N-ethyl adjacent to an activating group) is 1. The number of rotatable bonds is 3. The molecule has 0 bridgehead atoms. The zero-order chi connectivity index (χ0) is 12.4. The molecule has 1 heterocycles. The van der Waals surface area contributed by atoms with Gasteiger partial charge >= 0.3 is 0 Å². The van der Waals surface area contributed by atoms with Crippen LogP contribution in [0.1, 0.15) is 0 Å². The Morgan fingerprint density at radius 1 is 1.41 bits per heavy atom. The van der Waals surface area contributed by atoms with Crippen molar-refractivity contribution in [2.24, 2.45) is 0 Å². The van der Waals surface area contributed by atoms with Crippen LogP contribution in [0.2, 0.25) is 0 Å². The number of hydrogen-bond donors (Lipinski definition) is 0. The number of benzene rings is 1. The van der Waals surface area contributed by atoms with Crippen LogP contribution >= 0.6 is 15.9 Å². The van der Waals surface area contributed by atoms with E-state index < -0.39 is 0 Å². The quantitative estimate of drug-likeness (QED) is 0.854. The summed E-state index contributed by atoms with van der Waals surface area (Å²) >= 11 is 3.46. The number of hydrogen-bond acceptors (Lipinski definition) is 3. The predicted octanol–water partition coefficient (Wildman–Crippen LogP) is 1.88. The average Bonchev–Trinajstić information content (AvgIpc) is 2.32. The van der Waals surface area contributed by atoms with E-state index in [1.807, 2.05) is 30.1 Å². The molecular weight excluding hydrogens is 284 g/mol. The molecule has 1 aliphatic rings. The molecule has 2 rings (SSSR count). The van der Waals surface area contributed by atoms with E-state index in [0.29, 0.717) is 13.2 Å². The van der Waals surface area contributed by atoms with E-state index in [-0.39, 0.29) is 5.91 Å². The van der Waals surface area contributed by atoms with Crippen LogP contribution in [0.15, 0.2) is 22.7 Å². The minimum Gasteiger partial charge on any atom is -0.383 e. The third-order valence-electron chi connectivity index (χ3n) is 2.91. The number of carbonyl (C=O) groups is 1. The largest absolute Gasteiger partial charge is 0.383 e. The second-order valence-corrected chi connectivity index (χ2v) is 4.92. The van der Waals surface area contributed by atoms with Gasteiger partial charge in [-0.05, 0) is 18.2 Å². The predicted molar refractivity (Wildman–Crippen MR) is 71.6 cm³/mol. The maximum atomic E-state index is 11.8. The molecule has 1 amide bonds. The highest BCUT2D eigenvalue weighted by Gasteiger charge is 2.26. The van der Waals surface area contributed by atoms with Crippen molar-refractivity contribution < 1.29 is 9.53 Å². The Morgan fingerprint density at radius 2 is 2.18 bits per heavy atom. The first-order valence-corrected chi connectivity index (χ1v) is 6.23. The van der Waals surface area contributed by atoms with Crippen molar-refractivity contribution in [3.8, 4) is 0 Å². The van der Waals surface area contributed by atoms with E-state index in [1.54, 1.807) is 12.0 Å². The van der Waals surface area contributed by atoms with Gasteiger partial charge in [-0.1, -0.05) is 15.9 Å². The first-order valence-electron chi connectivity index (χ1n) is 5.43. The molecule has 0 atom stereocenters. The summed E-state index contributed by atoms with van der Waals surface area (Å²) in [5.74, 6) is 0.107. The van der Waals surface area contributed by atoms with Gasteiger partial charge in [-0.25, -0.2) is 0 Å². The zero-order valence-electron chi connectivity index (χ0n) is 9.94. The molecule has 4 nitrogen and oxygen atoms in total. The van der Waals surface area contributed by atoms with Gasteiger partial charge < -0.3 is 14.5 Å². The maximum Gasteiger partial charge on any atom is 0.246 e. The number of anilines is 2. The molecule has 0 aliphatic carbocycles. The lowest BCUT2D eigenvalue weighted by molar-refractivity contribution is -0.117. The van der Waals surface area contributed by atoms with E-state index in [2.05, 4.69) is 15.9 Å². The van der Waals surface area contributed by atoms with Gasteiger partial charge in [0.25, 0.3) is 0 Å². The number of ether oxygens (including phenoxy) is 1. The van der Waals surface area contributed by atoms with Crippen molar-refractivity contribution in [1.82, 2.24) is 0 Å². The summed E-state index contributed by atoms with van der Waals surface area (Å²) in [4.78, 5) is 15.6. The molecule has 0 saturated heterocycles. The number of amides is 1. The number of nitrogens with zero attached hydrogens (tertiary/aromatic N) is 2. The average molecular weight is 299 g/mol. The van der Waals surface area contributed by atoms with Crippen molar-refractivity contribution in [3.05, 3.63) is 22.7 Å². The Balaban J connectivity index is 2.35. The van der Waals surface area contributed by atoms with Gasteiger partial charge in [-0.3, -0.25) is 4.79 Å². The molecule has 0 radical (unpaired) electrons. The SMILES string of the molecule is COCCN1CC(=O)N(C)c2ccc(Br)cc21. The molecule has 17 heavy (non-hydrogen) atoms. The van der Waals surface area contributed by atoms with Crippen LogP contribution in [0.5, 0.6) is 0 Å². The van der Waals surface area contributed by atoms with Gasteiger partial charge in [-0.2, -0.15) is 0 Å². The normalized spacial score (nSPS) is 15.1. The van der Waals surface area contributed by atoms with E-state index >= 15 is 0 Å². The van der Waals surface area contributed by atoms with Crippen LogP contribution in [-0.4, -0.2) is 39.8 Å². The van der Waals surface area contributed by atoms with E-state index in [0.717, 1.165) is 22.4 Å². The molecule has 0 N–H and O–H groups in total. The lowest BCUT2D eigenvalue weighted by Gasteiger charge is -2.35. The Morgan fingerprint density at radius 3 is 2.88 bits per heavy atom. The standard InChI is InChI=1S/C12H15BrN2O2/c1-14-10-4-3-9(13)7-11(10)15(5-6-17-2)8-12(14)16/h3-4,7H,5-6,8H2,1-2H3. The summed E-state index contributed by atoms with van der Waals surface area (Å²) in [5, 5.41) is 0. The molecule has 0 spiro atoms. The second-order valence-electron chi connectivity index (χ2n) is 4.00. The molecular formula is C12H15BrN2O2. The number of fused-ring (bicyclic) bond motifs is 1. The topological polar surface area (TPSA) is 32.8 Å². The van der Waals surface area contributed by atoms with Crippen LogP contribution < -0.4 is 9.80 Å². The van der Waals surface area contributed by atoms with Gasteiger partial charge in [0.05, 0.1) is 24.5 Å². The molecule has 92 valence electrons. The number of carbonyl (C=O) groups excluding carboxylic acids is 1. The Bertz CT molecular complexity index is 437. The fraction of sp³-hybridized carbons (Fsp3) is 0.417. The molecule has 1 aromatic rings. The Hall–Kier alpha value is -1.07. The van der Waals surface area contributed by atoms with Crippen LogP contribution in [0, 0.1) is 0 Å². The molecule has 1 aromatic carbocycles. The summed E-state index contributed by atoms with van der Waals surface area (Å²) < 4.78 is 6.09.